The molecule has 2 aromatic heterocycles. The zero-order chi connectivity index (χ0) is 23.6. The average molecular weight is 471 g/mol. The topological polar surface area (TPSA) is 111 Å². The Morgan fingerprint density at radius 2 is 1.79 bits per heavy atom. The second-order valence-corrected chi connectivity index (χ2v) is 10.4. The molecule has 0 saturated carbocycles. The summed E-state index contributed by atoms with van der Waals surface area (Å²) < 4.78 is 29.9. The molecule has 0 N–H and O–H groups in total. The van der Waals surface area contributed by atoms with Crippen molar-refractivity contribution in [2.75, 3.05) is 41.5 Å². The van der Waals surface area contributed by atoms with Gasteiger partial charge in [0.2, 0.25) is 0 Å². The number of hydrogen-bond donors (Lipinski definition) is 0. The molecule has 4 rings (SSSR count). The third kappa shape index (κ3) is 5.14. The number of amides is 2. The van der Waals surface area contributed by atoms with E-state index in [4.69, 9.17) is 4.74 Å². The zero-order valence-corrected chi connectivity index (χ0v) is 19.6. The Bertz CT molecular complexity index is 1240. The van der Waals surface area contributed by atoms with Gasteiger partial charge in [0.15, 0.2) is 15.7 Å². The minimum Gasteiger partial charge on any atom is -0.493 e. The van der Waals surface area contributed by atoms with Crippen LogP contribution in [0.1, 0.15) is 19.9 Å². The number of carbonyl (C=O) groups excluding carboxylic acids is 1. The van der Waals surface area contributed by atoms with E-state index >= 15 is 0 Å². The number of pyridine rings is 1. The number of anilines is 2. The number of nitrogens with zero attached hydrogens (tertiary/aromatic N) is 6. The second kappa shape index (κ2) is 9.18. The van der Waals surface area contributed by atoms with Crippen molar-refractivity contribution < 1.29 is 17.9 Å². The predicted octanol–water partition coefficient (Wildman–Crippen LogP) is 2.79. The fourth-order valence-corrected chi connectivity index (χ4v) is 3.91. The molecule has 3 aromatic rings. The number of urea groups is 1. The van der Waals surface area contributed by atoms with Gasteiger partial charge in [-0.3, -0.25) is 9.80 Å². The number of rotatable bonds is 8. The normalized spacial score (nSPS) is 14.4. The maximum atomic E-state index is 13.1. The van der Waals surface area contributed by atoms with Gasteiger partial charge in [-0.15, -0.1) is 10.2 Å². The lowest BCUT2D eigenvalue weighted by Crippen LogP contribution is -2.32. The fourth-order valence-electron chi connectivity index (χ4n) is 3.52. The van der Waals surface area contributed by atoms with Crippen LogP contribution in [0.15, 0.2) is 48.8 Å². The van der Waals surface area contributed by atoms with Gasteiger partial charge in [0.05, 0.1) is 5.75 Å². The van der Waals surface area contributed by atoms with Crippen LogP contribution in [-0.4, -0.2) is 65.9 Å². The molecule has 1 aromatic carbocycles. The highest BCUT2D eigenvalue weighted by Crippen LogP contribution is 2.27. The number of ether oxygens (including phenoxy) is 1. The van der Waals surface area contributed by atoms with Crippen LogP contribution < -0.4 is 14.5 Å². The first-order valence-corrected chi connectivity index (χ1v) is 12.7. The molecule has 174 valence electrons. The quantitative estimate of drug-likeness (QED) is 0.498. The van der Waals surface area contributed by atoms with Gasteiger partial charge in [-0.2, -0.15) is 0 Å². The Morgan fingerprint density at radius 1 is 1.06 bits per heavy atom. The van der Waals surface area contributed by atoms with Gasteiger partial charge in [-0.1, -0.05) is 6.07 Å². The summed E-state index contributed by atoms with van der Waals surface area (Å²) in [5, 5.41) is 8.19. The summed E-state index contributed by atoms with van der Waals surface area (Å²) in [6, 6.07) is 12.6. The molecule has 1 fully saturated rings. The standard InChI is InChI=1S/C22H26N6O4S/c1-16(2)28-15-23-25-21(28)19-5-4-6-20(24-19)27-12-11-26(22(27)29)17-7-9-18(10-8-17)32-13-14-33(3,30)31/h4-10,15-16H,11-14H2,1-3H3. The summed E-state index contributed by atoms with van der Waals surface area (Å²) in [7, 11) is -3.08. The zero-order valence-electron chi connectivity index (χ0n) is 18.7. The third-order valence-electron chi connectivity index (χ3n) is 5.25. The second-order valence-electron chi connectivity index (χ2n) is 8.09. The lowest BCUT2D eigenvalue weighted by molar-refractivity contribution is 0.255. The van der Waals surface area contributed by atoms with Crippen LogP contribution in [0.4, 0.5) is 16.3 Å². The lowest BCUT2D eigenvalue weighted by atomic mass is 10.3. The highest BCUT2D eigenvalue weighted by atomic mass is 32.2. The maximum absolute atomic E-state index is 13.1. The monoisotopic (exact) mass is 470 g/mol. The summed E-state index contributed by atoms with van der Waals surface area (Å²) in [6.07, 6.45) is 2.84. The maximum Gasteiger partial charge on any atom is 0.330 e. The molecule has 3 heterocycles. The summed E-state index contributed by atoms with van der Waals surface area (Å²) in [6.45, 7) is 5.18. The molecule has 11 heteroatoms. The van der Waals surface area contributed by atoms with Crippen LogP contribution in [0.25, 0.3) is 11.5 Å². The first-order valence-electron chi connectivity index (χ1n) is 10.6. The summed E-state index contributed by atoms with van der Waals surface area (Å²) >= 11 is 0. The Morgan fingerprint density at radius 3 is 2.48 bits per heavy atom. The lowest BCUT2D eigenvalue weighted by Gasteiger charge is -2.19. The van der Waals surface area contributed by atoms with Crippen molar-refractivity contribution in [1.82, 2.24) is 19.7 Å². The van der Waals surface area contributed by atoms with E-state index in [1.165, 1.54) is 6.26 Å². The Balaban J connectivity index is 1.47. The molecule has 2 amide bonds. The average Bonchev–Trinajstić information content (AvgIpc) is 3.41. The SMILES string of the molecule is CC(C)n1cnnc1-c1cccc(N2CCN(c3ccc(OCCS(C)(=O)=O)cc3)C2=O)n1. The smallest absolute Gasteiger partial charge is 0.330 e. The number of aromatic nitrogens is 4. The Labute approximate surface area is 192 Å². The number of sulfone groups is 1. The van der Waals surface area contributed by atoms with Crippen molar-refractivity contribution in [3.05, 3.63) is 48.8 Å². The van der Waals surface area contributed by atoms with Gasteiger partial charge in [0, 0.05) is 31.1 Å². The van der Waals surface area contributed by atoms with Gasteiger partial charge in [-0.25, -0.2) is 18.2 Å². The number of carbonyl (C=O) groups is 1. The predicted molar refractivity (Wildman–Crippen MR) is 125 cm³/mol. The van der Waals surface area contributed by atoms with Crippen molar-refractivity contribution in [1.29, 1.82) is 0 Å². The number of hydrogen-bond acceptors (Lipinski definition) is 7. The highest BCUT2D eigenvalue weighted by Gasteiger charge is 2.31. The van der Waals surface area contributed by atoms with Crippen molar-refractivity contribution >= 4 is 27.4 Å². The molecule has 1 aliphatic heterocycles. The Kier molecular flexibility index (Phi) is 6.32. The van der Waals surface area contributed by atoms with Gasteiger partial charge >= 0.3 is 6.03 Å². The molecule has 0 aliphatic carbocycles. The van der Waals surface area contributed by atoms with E-state index in [1.807, 2.05) is 30.5 Å². The van der Waals surface area contributed by atoms with Crippen LogP contribution in [0.2, 0.25) is 0 Å². The molecule has 0 bridgehead atoms. The van der Waals surface area contributed by atoms with E-state index in [9.17, 15) is 13.2 Å². The molecule has 0 unspecified atom stereocenters. The minimum atomic E-state index is -3.08. The molecule has 0 spiro atoms. The van der Waals surface area contributed by atoms with Crippen molar-refractivity contribution in [3.8, 4) is 17.3 Å². The molecule has 0 radical (unpaired) electrons. The fraction of sp³-hybridized carbons (Fsp3) is 0.364. The van der Waals surface area contributed by atoms with Gasteiger partial charge in [0.1, 0.15) is 30.2 Å². The third-order valence-corrected chi connectivity index (χ3v) is 6.16. The van der Waals surface area contributed by atoms with Crippen LogP contribution in [0, 0.1) is 0 Å². The highest BCUT2D eigenvalue weighted by molar-refractivity contribution is 7.90. The van der Waals surface area contributed by atoms with E-state index in [1.54, 1.807) is 46.5 Å². The first-order chi connectivity index (χ1) is 15.7. The minimum absolute atomic E-state index is 0.0478. The summed E-state index contributed by atoms with van der Waals surface area (Å²) in [5.74, 6) is 1.71. The summed E-state index contributed by atoms with van der Waals surface area (Å²) in [5.41, 5.74) is 1.38. The molecule has 33 heavy (non-hydrogen) atoms. The van der Waals surface area contributed by atoms with Gasteiger partial charge in [0.25, 0.3) is 0 Å². The van der Waals surface area contributed by atoms with Gasteiger partial charge in [-0.05, 0) is 50.2 Å². The first kappa shape index (κ1) is 22.7. The largest absolute Gasteiger partial charge is 0.493 e. The van der Waals surface area contributed by atoms with Crippen LogP contribution in [0.3, 0.4) is 0 Å². The number of benzene rings is 1. The molecular formula is C22H26N6O4S. The van der Waals surface area contributed by atoms with Crippen LogP contribution in [0.5, 0.6) is 5.75 Å². The van der Waals surface area contributed by atoms with Crippen LogP contribution in [-0.2, 0) is 9.84 Å². The Hall–Kier alpha value is -3.47. The van der Waals surface area contributed by atoms with E-state index < -0.39 is 9.84 Å². The van der Waals surface area contributed by atoms with E-state index in [-0.39, 0.29) is 24.4 Å². The summed E-state index contributed by atoms with van der Waals surface area (Å²) in [4.78, 5) is 21.1. The van der Waals surface area contributed by atoms with Crippen LogP contribution >= 0.6 is 0 Å². The molecule has 0 atom stereocenters. The van der Waals surface area contributed by atoms with Crippen molar-refractivity contribution in [2.24, 2.45) is 0 Å². The van der Waals surface area contributed by atoms with Crippen molar-refractivity contribution in [2.45, 2.75) is 19.9 Å². The molecular weight excluding hydrogens is 444 g/mol. The molecule has 1 aliphatic rings. The molecule has 10 nitrogen and oxygen atoms in total. The van der Waals surface area contributed by atoms with E-state index in [0.717, 1.165) is 5.69 Å². The molecule has 1 saturated heterocycles. The van der Waals surface area contributed by atoms with Gasteiger partial charge < -0.3 is 9.30 Å². The van der Waals surface area contributed by atoms with E-state index in [2.05, 4.69) is 15.2 Å². The van der Waals surface area contributed by atoms with Crippen molar-refractivity contribution in [3.63, 3.8) is 0 Å². The van der Waals surface area contributed by atoms with E-state index in [0.29, 0.717) is 36.2 Å².